The molecule has 0 aliphatic heterocycles. The third kappa shape index (κ3) is 2.17. The molecule has 0 radical (unpaired) electrons. The summed E-state index contributed by atoms with van der Waals surface area (Å²) in [4.78, 5) is 0. The van der Waals surface area contributed by atoms with Crippen LogP contribution in [0.15, 0.2) is 35.0 Å². The number of nitrogen functional groups attached to an aromatic ring is 1. The number of nitrogens with zero attached hydrogens (tertiary/aromatic N) is 2. The molecule has 0 aliphatic rings. The summed E-state index contributed by atoms with van der Waals surface area (Å²) >= 11 is 5.93. The molecule has 7 heteroatoms. The van der Waals surface area contributed by atoms with Gasteiger partial charge in [0.1, 0.15) is 28.3 Å². The summed E-state index contributed by atoms with van der Waals surface area (Å²) in [7, 11) is 0. The molecule has 0 spiro atoms. The summed E-state index contributed by atoms with van der Waals surface area (Å²) in [6.45, 7) is 0. The number of hydrogen-bond donors (Lipinski definition) is 1. The summed E-state index contributed by atoms with van der Waals surface area (Å²) in [6.07, 6.45) is 0. The molecule has 1 heterocycles. The third-order valence-corrected chi connectivity index (χ3v) is 2.80. The Morgan fingerprint density at radius 1 is 1.16 bits per heavy atom. The van der Waals surface area contributed by atoms with E-state index in [-0.39, 0.29) is 16.5 Å². The lowest BCUT2D eigenvalue weighted by Crippen LogP contribution is -1.93. The van der Waals surface area contributed by atoms with Crippen LogP contribution >= 0.6 is 11.6 Å². The maximum Gasteiger partial charge on any atom is 0.149 e. The fourth-order valence-corrected chi connectivity index (χ4v) is 1.79. The predicted octanol–water partition coefficient (Wildman–Crippen LogP) is 3.39. The number of benzene rings is 2. The van der Waals surface area contributed by atoms with E-state index >= 15 is 0 Å². The smallest absolute Gasteiger partial charge is 0.149 e. The molecule has 2 N–H and O–H groups in total. The Morgan fingerprint density at radius 2 is 1.95 bits per heavy atom. The predicted molar refractivity (Wildman–Crippen MR) is 67.7 cm³/mol. The summed E-state index contributed by atoms with van der Waals surface area (Å²) in [5.41, 5.74) is 6.49. The van der Waals surface area contributed by atoms with E-state index in [9.17, 15) is 4.39 Å². The van der Waals surface area contributed by atoms with E-state index in [0.717, 1.165) is 6.07 Å². The average molecular weight is 280 g/mol. The minimum atomic E-state index is -0.594. The second-order valence-electron chi connectivity index (χ2n) is 3.82. The standard InChI is InChI=1S/C12H7ClFN3O2/c13-7-4-9(15)8(14)5-12(7)18-6-1-2-10-11(3-6)17-19-16-10/h1-5H,15H2. The summed E-state index contributed by atoms with van der Waals surface area (Å²) in [6, 6.07) is 7.35. The van der Waals surface area contributed by atoms with Gasteiger partial charge in [-0.05, 0) is 28.5 Å². The average Bonchev–Trinajstić information content (AvgIpc) is 2.83. The second kappa shape index (κ2) is 4.40. The SMILES string of the molecule is Nc1cc(Cl)c(Oc2ccc3nonc3c2)cc1F. The summed E-state index contributed by atoms with van der Waals surface area (Å²) < 4.78 is 23.4. The summed E-state index contributed by atoms with van der Waals surface area (Å²) in [5.74, 6) is 0.0158. The molecule has 0 saturated carbocycles. The zero-order valence-corrected chi connectivity index (χ0v) is 10.2. The molecule has 0 atom stereocenters. The third-order valence-electron chi connectivity index (χ3n) is 2.50. The molecular formula is C12H7ClFN3O2. The van der Waals surface area contributed by atoms with Crippen molar-refractivity contribution in [2.24, 2.45) is 0 Å². The van der Waals surface area contributed by atoms with Gasteiger partial charge in [-0.1, -0.05) is 11.6 Å². The van der Waals surface area contributed by atoms with E-state index in [1.807, 2.05) is 0 Å². The van der Waals surface area contributed by atoms with Crippen molar-refractivity contribution in [1.82, 2.24) is 10.3 Å². The Balaban J connectivity index is 1.98. The maximum absolute atomic E-state index is 13.4. The Hall–Kier alpha value is -2.34. The first kappa shape index (κ1) is 11.7. The van der Waals surface area contributed by atoms with Crippen LogP contribution in [-0.2, 0) is 0 Å². The van der Waals surface area contributed by atoms with Gasteiger partial charge >= 0.3 is 0 Å². The Bertz CT molecular complexity index is 760. The minimum absolute atomic E-state index is 0.0338. The largest absolute Gasteiger partial charge is 0.456 e. The van der Waals surface area contributed by atoms with Crippen LogP contribution in [0.25, 0.3) is 11.0 Å². The number of aromatic nitrogens is 2. The van der Waals surface area contributed by atoms with Crippen molar-refractivity contribution in [3.05, 3.63) is 41.2 Å². The quantitative estimate of drug-likeness (QED) is 0.728. The number of rotatable bonds is 2. The van der Waals surface area contributed by atoms with Gasteiger partial charge in [-0.25, -0.2) is 9.02 Å². The van der Waals surface area contributed by atoms with Crippen LogP contribution in [0.4, 0.5) is 10.1 Å². The van der Waals surface area contributed by atoms with Crippen molar-refractivity contribution in [2.75, 3.05) is 5.73 Å². The number of nitrogens with two attached hydrogens (primary N) is 1. The van der Waals surface area contributed by atoms with E-state index in [4.69, 9.17) is 22.1 Å². The highest BCUT2D eigenvalue weighted by Gasteiger charge is 2.10. The fraction of sp³-hybridized carbons (Fsp3) is 0. The van der Waals surface area contributed by atoms with Crippen molar-refractivity contribution >= 4 is 28.3 Å². The van der Waals surface area contributed by atoms with E-state index in [1.54, 1.807) is 18.2 Å². The van der Waals surface area contributed by atoms with Crippen molar-refractivity contribution in [2.45, 2.75) is 0 Å². The van der Waals surface area contributed by atoms with Crippen molar-refractivity contribution in [1.29, 1.82) is 0 Å². The normalized spacial score (nSPS) is 10.8. The number of halogens is 2. The van der Waals surface area contributed by atoms with Gasteiger partial charge in [-0.3, -0.25) is 0 Å². The van der Waals surface area contributed by atoms with E-state index in [0.29, 0.717) is 16.8 Å². The van der Waals surface area contributed by atoms with Gasteiger partial charge in [-0.15, -0.1) is 0 Å². The Morgan fingerprint density at radius 3 is 2.79 bits per heavy atom. The maximum atomic E-state index is 13.4. The monoisotopic (exact) mass is 279 g/mol. The molecule has 96 valence electrons. The van der Waals surface area contributed by atoms with Crippen LogP contribution in [0.1, 0.15) is 0 Å². The fourth-order valence-electron chi connectivity index (χ4n) is 1.57. The molecule has 0 amide bonds. The first-order valence-corrected chi connectivity index (χ1v) is 5.66. The molecule has 0 bridgehead atoms. The van der Waals surface area contributed by atoms with Crippen LogP contribution in [-0.4, -0.2) is 10.3 Å². The van der Waals surface area contributed by atoms with Crippen molar-refractivity contribution in [3.8, 4) is 11.5 Å². The minimum Gasteiger partial charge on any atom is -0.456 e. The zero-order valence-electron chi connectivity index (χ0n) is 9.43. The Kier molecular flexibility index (Phi) is 2.72. The molecule has 3 aromatic rings. The van der Waals surface area contributed by atoms with Gasteiger partial charge in [0, 0.05) is 12.1 Å². The molecule has 0 saturated heterocycles. The number of ether oxygens (including phenoxy) is 1. The molecule has 19 heavy (non-hydrogen) atoms. The van der Waals surface area contributed by atoms with E-state index in [2.05, 4.69) is 14.9 Å². The van der Waals surface area contributed by atoms with E-state index in [1.165, 1.54) is 6.07 Å². The van der Waals surface area contributed by atoms with E-state index < -0.39 is 5.82 Å². The van der Waals surface area contributed by atoms with Crippen LogP contribution in [0.5, 0.6) is 11.5 Å². The van der Waals surface area contributed by atoms with Crippen LogP contribution in [0.3, 0.4) is 0 Å². The Labute approximate surface area is 111 Å². The van der Waals surface area contributed by atoms with Gasteiger partial charge in [0.2, 0.25) is 0 Å². The van der Waals surface area contributed by atoms with Crippen molar-refractivity contribution < 1.29 is 13.8 Å². The molecule has 3 rings (SSSR count). The van der Waals surface area contributed by atoms with Crippen LogP contribution < -0.4 is 10.5 Å². The van der Waals surface area contributed by atoms with Gasteiger partial charge in [-0.2, -0.15) is 0 Å². The molecule has 2 aromatic carbocycles. The number of anilines is 1. The number of fused-ring (bicyclic) bond motifs is 1. The molecule has 0 aliphatic carbocycles. The van der Waals surface area contributed by atoms with Gasteiger partial charge < -0.3 is 10.5 Å². The van der Waals surface area contributed by atoms with Gasteiger partial charge in [0.05, 0.1) is 10.7 Å². The first-order valence-electron chi connectivity index (χ1n) is 5.28. The zero-order chi connectivity index (χ0) is 13.4. The molecule has 0 unspecified atom stereocenters. The van der Waals surface area contributed by atoms with Gasteiger partial charge in [0.25, 0.3) is 0 Å². The topological polar surface area (TPSA) is 74.2 Å². The first-order chi connectivity index (χ1) is 9.13. The molecular weight excluding hydrogens is 273 g/mol. The lowest BCUT2D eigenvalue weighted by atomic mass is 10.2. The molecule has 0 fully saturated rings. The lowest BCUT2D eigenvalue weighted by Gasteiger charge is -2.08. The molecule has 5 nitrogen and oxygen atoms in total. The van der Waals surface area contributed by atoms with Crippen molar-refractivity contribution in [3.63, 3.8) is 0 Å². The molecule has 1 aromatic heterocycles. The highest BCUT2D eigenvalue weighted by Crippen LogP contribution is 2.33. The number of hydrogen-bond acceptors (Lipinski definition) is 5. The highest BCUT2D eigenvalue weighted by atomic mass is 35.5. The lowest BCUT2D eigenvalue weighted by molar-refractivity contribution is 0.315. The van der Waals surface area contributed by atoms with Crippen LogP contribution in [0, 0.1) is 5.82 Å². The summed E-state index contributed by atoms with van der Waals surface area (Å²) in [5, 5.41) is 7.57. The van der Waals surface area contributed by atoms with Crippen LogP contribution in [0.2, 0.25) is 5.02 Å². The highest BCUT2D eigenvalue weighted by molar-refractivity contribution is 6.32. The van der Waals surface area contributed by atoms with Gasteiger partial charge in [0.15, 0.2) is 0 Å². The second-order valence-corrected chi connectivity index (χ2v) is 4.23.